The molecule has 0 unspecified atom stereocenters. The van der Waals surface area contributed by atoms with Crippen molar-refractivity contribution in [3.8, 4) is 6.07 Å². The van der Waals surface area contributed by atoms with E-state index in [0.29, 0.717) is 12.1 Å². The molecule has 1 N–H and O–H groups in total. The predicted molar refractivity (Wildman–Crippen MR) is 99.1 cm³/mol. The van der Waals surface area contributed by atoms with E-state index >= 15 is 0 Å². The van der Waals surface area contributed by atoms with Gasteiger partial charge in [0.05, 0.1) is 23.1 Å². The Bertz CT molecular complexity index is 559. The number of hydrogen-bond acceptors (Lipinski definition) is 5. The first kappa shape index (κ1) is 19.5. The van der Waals surface area contributed by atoms with Crippen molar-refractivity contribution in [2.24, 2.45) is 0 Å². The van der Waals surface area contributed by atoms with Gasteiger partial charge in [0, 0.05) is 23.7 Å². The first-order chi connectivity index (χ1) is 11.1. The first-order valence-corrected chi connectivity index (χ1v) is 9.45. The van der Waals surface area contributed by atoms with Crippen molar-refractivity contribution in [1.29, 1.82) is 5.26 Å². The highest BCUT2D eigenvalue weighted by Crippen LogP contribution is 2.28. The maximum Gasteiger partial charge on any atom is 0.305 e. The fourth-order valence-corrected chi connectivity index (χ4v) is 3.50. The smallest absolute Gasteiger partial charge is 0.305 e. The van der Waals surface area contributed by atoms with Crippen LogP contribution in [0.4, 0.5) is 0 Å². The van der Waals surface area contributed by atoms with Crippen LogP contribution < -0.4 is 0 Å². The van der Waals surface area contributed by atoms with Gasteiger partial charge in [-0.3, -0.25) is 4.79 Å². The van der Waals surface area contributed by atoms with Gasteiger partial charge >= 0.3 is 5.97 Å². The minimum atomic E-state index is -0.791. The van der Waals surface area contributed by atoms with Gasteiger partial charge in [0.2, 0.25) is 0 Å². The molecule has 1 saturated heterocycles. The first-order valence-electron chi connectivity index (χ1n) is 7.48. The van der Waals surface area contributed by atoms with E-state index in [2.05, 4.69) is 19.6 Å². The van der Waals surface area contributed by atoms with Crippen LogP contribution in [0.5, 0.6) is 0 Å². The molecule has 23 heavy (non-hydrogen) atoms. The minimum Gasteiger partial charge on any atom is -0.481 e. The van der Waals surface area contributed by atoms with E-state index in [1.54, 1.807) is 35.7 Å². The maximum absolute atomic E-state index is 10.7. The molecule has 1 rings (SSSR count). The Morgan fingerprint density at radius 2 is 2.35 bits per heavy atom. The minimum absolute atomic E-state index is 0.126. The van der Waals surface area contributed by atoms with Gasteiger partial charge in [-0.05, 0) is 36.5 Å². The van der Waals surface area contributed by atoms with Crippen LogP contribution in [0.2, 0.25) is 0 Å². The molecule has 0 aliphatic carbocycles. The third-order valence-electron chi connectivity index (χ3n) is 2.99. The Labute approximate surface area is 146 Å². The summed E-state index contributed by atoms with van der Waals surface area (Å²) in [6.07, 6.45) is 8.51. The Hall–Kier alpha value is -1.58. The summed E-state index contributed by atoms with van der Waals surface area (Å²) in [5, 5.41) is 19.0. The topological polar surface area (TPSA) is 64.3 Å². The molecule has 6 heteroatoms. The molecule has 1 heterocycles. The highest BCUT2D eigenvalue weighted by molar-refractivity contribution is 8.03. The molecule has 0 spiro atoms. The lowest BCUT2D eigenvalue weighted by molar-refractivity contribution is -0.137. The van der Waals surface area contributed by atoms with E-state index in [4.69, 9.17) is 5.11 Å². The van der Waals surface area contributed by atoms with Gasteiger partial charge in [-0.2, -0.15) is 5.26 Å². The second-order valence-corrected chi connectivity index (χ2v) is 7.20. The summed E-state index contributed by atoms with van der Waals surface area (Å²) in [6, 6.07) is 2.16. The SMILES string of the molecule is C=C(/C=C/C(C#N)=C/C=C1\SCCN1CCC(=O)O)SCCC. The summed E-state index contributed by atoms with van der Waals surface area (Å²) in [4.78, 5) is 13.7. The van der Waals surface area contributed by atoms with E-state index in [1.807, 2.05) is 17.1 Å². The summed E-state index contributed by atoms with van der Waals surface area (Å²) in [7, 11) is 0. The second kappa shape index (κ2) is 11.0. The largest absolute Gasteiger partial charge is 0.481 e. The number of rotatable bonds is 9. The molecule has 0 atom stereocenters. The van der Waals surface area contributed by atoms with E-state index in [1.165, 1.54) is 0 Å². The third-order valence-corrected chi connectivity index (χ3v) is 5.19. The predicted octanol–water partition coefficient (Wildman–Crippen LogP) is 4.01. The van der Waals surface area contributed by atoms with Crippen molar-refractivity contribution in [3.05, 3.63) is 46.4 Å². The zero-order chi connectivity index (χ0) is 17.1. The lowest BCUT2D eigenvalue weighted by Gasteiger charge is -2.17. The van der Waals surface area contributed by atoms with Crippen molar-refractivity contribution < 1.29 is 9.90 Å². The second-order valence-electron chi connectivity index (χ2n) is 4.87. The molecule has 124 valence electrons. The van der Waals surface area contributed by atoms with Crippen LogP contribution in [-0.2, 0) is 4.79 Å². The number of carbonyl (C=O) groups is 1. The van der Waals surface area contributed by atoms with Crippen LogP contribution in [0.15, 0.2) is 46.4 Å². The normalized spacial score (nSPS) is 17.0. The fourth-order valence-electron chi connectivity index (χ4n) is 1.82. The summed E-state index contributed by atoms with van der Waals surface area (Å²) in [5.74, 6) is 1.18. The highest BCUT2D eigenvalue weighted by Gasteiger charge is 2.17. The number of aliphatic carboxylic acids is 1. The van der Waals surface area contributed by atoms with Gasteiger partial charge in [0.25, 0.3) is 0 Å². The third kappa shape index (κ3) is 8.00. The zero-order valence-corrected chi connectivity index (χ0v) is 15.0. The summed E-state index contributed by atoms with van der Waals surface area (Å²) in [5.41, 5.74) is 0.557. The molecule has 0 aromatic heterocycles. The highest BCUT2D eigenvalue weighted by atomic mass is 32.2. The van der Waals surface area contributed by atoms with Gasteiger partial charge in [-0.25, -0.2) is 0 Å². The van der Waals surface area contributed by atoms with Gasteiger partial charge in [-0.1, -0.05) is 13.5 Å². The van der Waals surface area contributed by atoms with Gasteiger partial charge in [-0.15, -0.1) is 23.5 Å². The van der Waals surface area contributed by atoms with E-state index in [9.17, 15) is 10.1 Å². The molecule has 0 bridgehead atoms. The van der Waals surface area contributed by atoms with Crippen molar-refractivity contribution >= 4 is 29.5 Å². The van der Waals surface area contributed by atoms with E-state index in [0.717, 1.165) is 34.4 Å². The molecular formula is C17H22N2O2S2. The lowest BCUT2D eigenvalue weighted by Crippen LogP contribution is -2.21. The van der Waals surface area contributed by atoms with Crippen molar-refractivity contribution in [2.45, 2.75) is 19.8 Å². The molecule has 0 saturated carbocycles. The number of allylic oxidation sites excluding steroid dienone is 5. The summed E-state index contributed by atoms with van der Waals surface area (Å²) >= 11 is 3.37. The monoisotopic (exact) mass is 350 g/mol. The average molecular weight is 351 g/mol. The maximum atomic E-state index is 10.7. The lowest BCUT2D eigenvalue weighted by atomic mass is 10.2. The fraction of sp³-hybridized carbons (Fsp3) is 0.412. The number of thioether (sulfide) groups is 2. The molecule has 1 fully saturated rings. The van der Waals surface area contributed by atoms with Gasteiger partial charge in [0.15, 0.2) is 0 Å². The van der Waals surface area contributed by atoms with Crippen LogP contribution in [-0.4, -0.2) is 40.6 Å². The Balaban J connectivity index is 2.66. The molecule has 4 nitrogen and oxygen atoms in total. The quantitative estimate of drug-likeness (QED) is 0.500. The van der Waals surface area contributed by atoms with E-state index < -0.39 is 5.97 Å². The average Bonchev–Trinajstić information content (AvgIpc) is 2.98. The Morgan fingerprint density at radius 3 is 3.00 bits per heavy atom. The molecule has 0 radical (unpaired) electrons. The molecule has 1 aliphatic rings. The van der Waals surface area contributed by atoms with Crippen LogP contribution in [0.1, 0.15) is 19.8 Å². The van der Waals surface area contributed by atoms with Crippen LogP contribution >= 0.6 is 23.5 Å². The van der Waals surface area contributed by atoms with Crippen LogP contribution in [0, 0.1) is 11.3 Å². The van der Waals surface area contributed by atoms with Crippen LogP contribution in [0.25, 0.3) is 0 Å². The zero-order valence-electron chi connectivity index (χ0n) is 13.3. The van der Waals surface area contributed by atoms with Gasteiger partial charge in [0.1, 0.15) is 0 Å². The number of nitrogens with zero attached hydrogens (tertiary/aromatic N) is 2. The molecule has 0 aromatic carbocycles. The number of carboxylic acids is 1. The van der Waals surface area contributed by atoms with Crippen LogP contribution in [0.3, 0.4) is 0 Å². The standard InChI is InChI=1S/C17H22N2O2S2/c1-3-11-22-14(2)4-5-15(13-18)6-7-16-19(10-12-23-16)9-8-17(20)21/h4-7H,2-3,8-12H2,1H3,(H,20,21)/b5-4+,15-6-,16-7-. The Kier molecular flexibility index (Phi) is 9.34. The van der Waals surface area contributed by atoms with Gasteiger partial charge < -0.3 is 10.0 Å². The Morgan fingerprint density at radius 1 is 1.57 bits per heavy atom. The summed E-state index contributed by atoms with van der Waals surface area (Å²) < 4.78 is 0. The number of hydrogen-bond donors (Lipinski definition) is 1. The number of nitriles is 1. The summed E-state index contributed by atoms with van der Waals surface area (Å²) in [6.45, 7) is 7.41. The molecular weight excluding hydrogens is 328 g/mol. The van der Waals surface area contributed by atoms with Crippen molar-refractivity contribution in [3.63, 3.8) is 0 Å². The molecule has 0 amide bonds. The molecule has 1 aliphatic heterocycles. The molecule has 0 aromatic rings. The van der Waals surface area contributed by atoms with Crippen molar-refractivity contribution in [1.82, 2.24) is 4.90 Å². The van der Waals surface area contributed by atoms with E-state index in [-0.39, 0.29) is 6.42 Å². The van der Waals surface area contributed by atoms with Crippen molar-refractivity contribution in [2.75, 3.05) is 24.6 Å². The number of carboxylic acid groups (broad SMARTS) is 1.